The average molecular weight is 365 g/mol. The molecule has 1 aromatic rings. The first-order valence-electron chi connectivity index (χ1n) is 9.28. The highest BCUT2D eigenvalue weighted by Crippen LogP contribution is 2.30. The summed E-state index contributed by atoms with van der Waals surface area (Å²) in [6.07, 6.45) is 6.85. The Morgan fingerprint density at radius 2 is 2.12 bits per heavy atom. The predicted molar refractivity (Wildman–Crippen MR) is 97.5 cm³/mol. The van der Waals surface area contributed by atoms with Crippen LogP contribution in [0.4, 0.5) is 0 Å². The van der Waals surface area contributed by atoms with Gasteiger partial charge >= 0.3 is 4.87 Å². The van der Waals surface area contributed by atoms with Crippen LogP contribution in [0.15, 0.2) is 4.79 Å². The van der Waals surface area contributed by atoms with Crippen molar-refractivity contribution in [2.45, 2.75) is 58.4 Å². The first-order valence-corrected chi connectivity index (χ1v) is 10.1. The number of fused-ring (bicyclic) bond motifs is 1. The maximum atomic E-state index is 12.7. The summed E-state index contributed by atoms with van der Waals surface area (Å²) in [4.78, 5) is 39.3. The van der Waals surface area contributed by atoms with Crippen molar-refractivity contribution >= 4 is 23.2 Å². The van der Waals surface area contributed by atoms with Gasteiger partial charge in [0.05, 0.1) is 5.92 Å². The summed E-state index contributed by atoms with van der Waals surface area (Å²) < 4.78 is 1.67. The van der Waals surface area contributed by atoms with Crippen molar-refractivity contribution in [2.24, 2.45) is 17.6 Å². The number of aromatic nitrogens is 1. The van der Waals surface area contributed by atoms with Crippen LogP contribution in [-0.4, -0.2) is 34.4 Å². The van der Waals surface area contributed by atoms with Gasteiger partial charge in [0.2, 0.25) is 11.8 Å². The van der Waals surface area contributed by atoms with Gasteiger partial charge in [-0.05, 0) is 38.0 Å². The molecule has 1 fully saturated rings. The highest BCUT2D eigenvalue weighted by molar-refractivity contribution is 7.09. The van der Waals surface area contributed by atoms with E-state index in [1.165, 1.54) is 24.2 Å². The fourth-order valence-corrected chi connectivity index (χ4v) is 5.25. The van der Waals surface area contributed by atoms with E-state index in [4.69, 9.17) is 5.73 Å². The first kappa shape index (κ1) is 18.2. The minimum absolute atomic E-state index is 0.0287. The molecule has 2 unspecified atom stereocenters. The van der Waals surface area contributed by atoms with Crippen molar-refractivity contribution in [3.63, 3.8) is 0 Å². The van der Waals surface area contributed by atoms with Gasteiger partial charge in [-0.1, -0.05) is 31.1 Å². The van der Waals surface area contributed by atoms with Gasteiger partial charge in [0.15, 0.2) is 0 Å². The molecule has 2 heterocycles. The first-order chi connectivity index (χ1) is 12.0. The summed E-state index contributed by atoms with van der Waals surface area (Å²) in [5.74, 6) is -0.0207. The fourth-order valence-electron chi connectivity index (χ4n) is 4.10. The molecule has 7 heteroatoms. The van der Waals surface area contributed by atoms with Gasteiger partial charge in [-0.3, -0.25) is 19.0 Å². The van der Waals surface area contributed by atoms with E-state index in [9.17, 15) is 14.4 Å². The third kappa shape index (κ3) is 3.97. The highest BCUT2D eigenvalue weighted by Gasteiger charge is 2.29. The molecule has 2 amide bonds. The van der Waals surface area contributed by atoms with Crippen LogP contribution in [0.1, 0.15) is 49.6 Å². The van der Waals surface area contributed by atoms with Crippen LogP contribution >= 0.6 is 11.3 Å². The molecule has 1 saturated heterocycles. The second kappa shape index (κ2) is 7.72. The van der Waals surface area contributed by atoms with Crippen LogP contribution in [0.2, 0.25) is 0 Å². The molecule has 1 aliphatic heterocycles. The van der Waals surface area contributed by atoms with Crippen molar-refractivity contribution in [3.8, 4) is 0 Å². The molecule has 3 rings (SSSR count). The average Bonchev–Trinajstić information content (AvgIpc) is 2.90. The molecule has 0 radical (unpaired) electrons. The maximum Gasteiger partial charge on any atom is 0.308 e. The van der Waals surface area contributed by atoms with Gasteiger partial charge in [-0.2, -0.15) is 0 Å². The highest BCUT2D eigenvalue weighted by atomic mass is 32.1. The van der Waals surface area contributed by atoms with Crippen LogP contribution in [0, 0.1) is 11.8 Å². The molecular formula is C18H27N3O3S. The summed E-state index contributed by atoms with van der Waals surface area (Å²) >= 11 is 1.30. The van der Waals surface area contributed by atoms with Crippen LogP contribution in [0.5, 0.6) is 0 Å². The zero-order valence-corrected chi connectivity index (χ0v) is 15.6. The van der Waals surface area contributed by atoms with Crippen molar-refractivity contribution in [3.05, 3.63) is 20.2 Å². The van der Waals surface area contributed by atoms with Gasteiger partial charge in [0.25, 0.3) is 0 Å². The van der Waals surface area contributed by atoms with Gasteiger partial charge in [0.1, 0.15) is 6.54 Å². The number of primary amides is 1. The lowest BCUT2D eigenvalue weighted by Crippen LogP contribution is -2.45. The quantitative estimate of drug-likeness (QED) is 0.859. The Morgan fingerprint density at radius 3 is 2.84 bits per heavy atom. The number of likely N-dealkylation sites (tertiary alicyclic amines) is 1. The van der Waals surface area contributed by atoms with Gasteiger partial charge in [-0.15, -0.1) is 0 Å². The molecule has 2 N–H and O–H groups in total. The molecule has 1 aliphatic carbocycles. The number of amides is 2. The lowest BCUT2D eigenvalue weighted by molar-refractivity contribution is -0.135. The summed E-state index contributed by atoms with van der Waals surface area (Å²) in [6, 6.07) is 0. The Labute approximate surface area is 152 Å². The number of nitrogens with two attached hydrogens (primary N) is 1. The second-order valence-corrected chi connectivity index (χ2v) is 8.35. The topological polar surface area (TPSA) is 85.4 Å². The summed E-state index contributed by atoms with van der Waals surface area (Å²) in [5.41, 5.74) is 6.44. The molecule has 0 saturated carbocycles. The van der Waals surface area contributed by atoms with E-state index >= 15 is 0 Å². The molecule has 25 heavy (non-hydrogen) atoms. The third-order valence-electron chi connectivity index (χ3n) is 5.51. The van der Waals surface area contributed by atoms with Crippen LogP contribution < -0.4 is 10.6 Å². The number of rotatable bonds is 5. The number of hydrogen-bond donors (Lipinski definition) is 1. The van der Waals surface area contributed by atoms with Crippen molar-refractivity contribution in [1.29, 1.82) is 0 Å². The number of piperidine rings is 1. The van der Waals surface area contributed by atoms with E-state index in [2.05, 4.69) is 6.92 Å². The minimum Gasteiger partial charge on any atom is -0.369 e. The molecule has 0 spiro atoms. The molecule has 6 nitrogen and oxygen atoms in total. The lowest BCUT2D eigenvalue weighted by atomic mass is 9.88. The largest absolute Gasteiger partial charge is 0.369 e. The smallest absolute Gasteiger partial charge is 0.308 e. The number of nitrogens with zero attached hydrogens (tertiary/aromatic N) is 2. The van der Waals surface area contributed by atoms with Gasteiger partial charge < -0.3 is 10.6 Å². The Hall–Kier alpha value is -1.63. The van der Waals surface area contributed by atoms with Gasteiger partial charge in [-0.25, -0.2) is 0 Å². The Kier molecular flexibility index (Phi) is 5.61. The second-order valence-electron chi connectivity index (χ2n) is 7.30. The number of carbonyl (C=O) groups is 2. The maximum absolute atomic E-state index is 12.7. The van der Waals surface area contributed by atoms with Crippen LogP contribution in [-0.2, 0) is 29.0 Å². The Morgan fingerprint density at radius 1 is 1.32 bits per heavy atom. The third-order valence-corrected chi connectivity index (χ3v) is 6.55. The van der Waals surface area contributed by atoms with Gasteiger partial charge in [0, 0.05) is 23.7 Å². The lowest BCUT2D eigenvalue weighted by Gasteiger charge is -2.31. The number of thiazole rings is 1. The van der Waals surface area contributed by atoms with Crippen LogP contribution in [0.25, 0.3) is 0 Å². The van der Waals surface area contributed by atoms with E-state index < -0.39 is 0 Å². The molecule has 2 aliphatic rings. The van der Waals surface area contributed by atoms with E-state index in [1.807, 2.05) is 0 Å². The normalized spacial score (nSPS) is 23.3. The van der Waals surface area contributed by atoms with Crippen molar-refractivity contribution in [1.82, 2.24) is 9.47 Å². The van der Waals surface area contributed by atoms with E-state index in [0.29, 0.717) is 19.0 Å². The molecular weight excluding hydrogens is 338 g/mol. The van der Waals surface area contributed by atoms with Crippen LogP contribution in [0.3, 0.4) is 0 Å². The zero-order valence-electron chi connectivity index (χ0n) is 14.8. The van der Waals surface area contributed by atoms with E-state index in [0.717, 1.165) is 42.7 Å². The monoisotopic (exact) mass is 365 g/mol. The summed E-state index contributed by atoms with van der Waals surface area (Å²) in [6.45, 7) is 3.31. The standard InChI is InChI=1S/C18H27N3O3S/c1-2-4-12-6-7-14-15(9-12)25-18(24)21(14)11-16(22)20-8-3-5-13(10-20)17(19)23/h12-13H,2-11H2,1H3,(H2,19,23). The number of hydrogen-bond acceptors (Lipinski definition) is 4. The summed E-state index contributed by atoms with van der Waals surface area (Å²) in [7, 11) is 0. The fraction of sp³-hybridized carbons (Fsp3) is 0.722. The Bertz CT molecular complexity index is 709. The van der Waals surface area contributed by atoms with Crippen molar-refractivity contribution in [2.75, 3.05) is 13.1 Å². The van der Waals surface area contributed by atoms with Crippen molar-refractivity contribution < 1.29 is 9.59 Å². The molecule has 2 atom stereocenters. The SMILES string of the molecule is CCCC1CCc2c(sc(=O)n2CC(=O)N2CCCC(C(N)=O)C2)C1. The number of carbonyl (C=O) groups excluding carboxylic acids is 2. The van der Waals surface area contributed by atoms with E-state index in [1.54, 1.807) is 9.47 Å². The zero-order chi connectivity index (χ0) is 18.0. The molecule has 0 aromatic carbocycles. The van der Waals surface area contributed by atoms with E-state index in [-0.39, 0.29) is 29.1 Å². The predicted octanol–water partition coefficient (Wildman–Crippen LogP) is 1.54. The molecule has 1 aromatic heterocycles. The molecule has 0 bridgehead atoms. The minimum atomic E-state index is -0.343. The Balaban J connectivity index is 1.70. The summed E-state index contributed by atoms with van der Waals surface area (Å²) in [5, 5.41) is 0. The molecule has 138 valence electrons.